The first-order valence-corrected chi connectivity index (χ1v) is 7.72. The van der Waals surface area contributed by atoms with E-state index in [1.165, 1.54) is 0 Å². The zero-order valence-corrected chi connectivity index (χ0v) is 12.9. The topological polar surface area (TPSA) is 80.2 Å². The van der Waals surface area contributed by atoms with Crippen LogP contribution in [-0.2, 0) is 19.3 Å². The molecule has 0 aliphatic carbocycles. The number of rotatable bonds is 5. The molecule has 0 aromatic carbocycles. The third-order valence-corrected chi connectivity index (χ3v) is 3.99. The normalized spacial score (nSPS) is 19.8. The lowest BCUT2D eigenvalue weighted by Gasteiger charge is -2.30. The van der Waals surface area contributed by atoms with Crippen LogP contribution < -0.4 is 0 Å². The van der Waals surface area contributed by atoms with Crippen LogP contribution in [-0.4, -0.2) is 49.6 Å². The molecule has 1 aliphatic rings. The lowest BCUT2D eigenvalue weighted by atomic mass is 9.95. The van der Waals surface area contributed by atoms with E-state index in [0.29, 0.717) is 13.1 Å². The molecule has 3 rings (SSSR count). The second-order valence-corrected chi connectivity index (χ2v) is 5.81. The maximum atomic E-state index is 12.5. The van der Waals surface area contributed by atoms with Crippen molar-refractivity contribution in [3.8, 4) is 0 Å². The fourth-order valence-electron chi connectivity index (χ4n) is 2.89. The minimum Gasteiger partial charge on any atom is -0.394 e. The highest BCUT2D eigenvalue weighted by atomic mass is 19.4. The number of likely N-dealkylation sites (tertiary alicyclic amines) is 1. The largest absolute Gasteiger partial charge is 0.455 e. The zero-order valence-electron chi connectivity index (χ0n) is 12.9. The van der Waals surface area contributed by atoms with E-state index in [4.69, 9.17) is 9.63 Å². The summed E-state index contributed by atoms with van der Waals surface area (Å²) in [5.74, 6) is -1.08. The van der Waals surface area contributed by atoms with Gasteiger partial charge in [0, 0.05) is 18.7 Å². The SMILES string of the molecule is OCCn1ccc([C@@H]2CCCN(Cc3nc(C(F)(F)F)no3)C2)n1. The predicted molar refractivity (Wildman–Crippen MR) is 75.9 cm³/mol. The minimum absolute atomic E-state index is 0.0244. The van der Waals surface area contributed by atoms with Gasteiger partial charge in [0.15, 0.2) is 0 Å². The van der Waals surface area contributed by atoms with Gasteiger partial charge in [-0.05, 0) is 25.5 Å². The van der Waals surface area contributed by atoms with Crippen molar-refractivity contribution < 1.29 is 22.8 Å². The summed E-state index contributed by atoms with van der Waals surface area (Å²) >= 11 is 0. The Kier molecular flexibility index (Phi) is 4.86. The molecule has 0 spiro atoms. The molecule has 10 heteroatoms. The fraction of sp³-hybridized carbons (Fsp3) is 0.643. The molecule has 2 aromatic rings. The Morgan fingerprint density at radius 3 is 2.92 bits per heavy atom. The molecule has 0 saturated carbocycles. The Balaban J connectivity index is 1.62. The molecule has 1 saturated heterocycles. The number of aliphatic hydroxyl groups is 1. The molecule has 0 unspecified atom stereocenters. The van der Waals surface area contributed by atoms with E-state index >= 15 is 0 Å². The van der Waals surface area contributed by atoms with Crippen molar-refractivity contribution in [3.05, 3.63) is 29.7 Å². The van der Waals surface area contributed by atoms with Gasteiger partial charge in [0.1, 0.15) is 0 Å². The second kappa shape index (κ2) is 6.89. The Labute approximate surface area is 136 Å². The van der Waals surface area contributed by atoms with E-state index in [2.05, 4.69) is 15.2 Å². The first-order chi connectivity index (χ1) is 11.5. The Morgan fingerprint density at radius 2 is 2.21 bits per heavy atom. The maximum Gasteiger partial charge on any atom is 0.455 e. The Hall–Kier alpha value is -1.94. The van der Waals surface area contributed by atoms with E-state index < -0.39 is 12.0 Å². The van der Waals surface area contributed by atoms with Crippen molar-refractivity contribution in [1.29, 1.82) is 0 Å². The van der Waals surface area contributed by atoms with Gasteiger partial charge in [-0.3, -0.25) is 9.58 Å². The summed E-state index contributed by atoms with van der Waals surface area (Å²) in [5.41, 5.74) is 0.926. The van der Waals surface area contributed by atoms with Gasteiger partial charge in [-0.25, -0.2) is 0 Å². The van der Waals surface area contributed by atoms with Crippen LogP contribution in [0.15, 0.2) is 16.8 Å². The van der Waals surface area contributed by atoms with Crippen LogP contribution in [0.25, 0.3) is 0 Å². The van der Waals surface area contributed by atoms with Gasteiger partial charge in [0.05, 0.1) is 25.4 Å². The van der Waals surface area contributed by atoms with Gasteiger partial charge < -0.3 is 9.63 Å². The summed E-state index contributed by atoms with van der Waals surface area (Å²) in [6.07, 6.45) is -0.897. The van der Waals surface area contributed by atoms with Crippen molar-refractivity contribution in [2.24, 2.45) is 0 Å². The first-order valence-electron chi connectivity index (χ1n) is 7.72. The molecule has 0 radical (unpaired) electrons. The molecule has 1 aliphatic heterocycles. The highest BCUT2D eigenvalue weighted by Crippen LogP contribution is 2.28. The van der Waals surface area contributed by atoms with Crippen LogP contribution in [0.5, 0.6) is 0 Å². The van der Waals surface area contributed by atoms with Crippen molar-refractivity contribution in [2.75, 3.05) is 19.7 Å². The highest BCUT2D eigenvalue weighted by molar-refractivity contribution is 5.08. The van der Waals surface area contributed by atoms with E-state index in [-0.39, 0.29) is 25.0 Å². The van der Waals surface area contributed by atoms with Crippen LogP contribution in [0, 0.1) is 0 Å². The van der Waals surface area contributed by atoms with Gasteiger partial charge in [0.25, 0.3) is 5.82 Å². The second-order valence-electron chi connectivity index (χ2n) is 5.81. The number of nitrogens with zero attached hydrogens (tertiary/aromatic N) is 5. The van der Waals surface area contributed by atoms with E-state index in [1.54, 1.807) is 4.68 Å². The van der Waals surface area contributed by atoms with Gasteiger partial charge in [-0.1, -0.05) is 5.16 Å². The third-order valence-electron chi connectivity index (χ3n) is 3.99. The molecule has 24 heavy (non-hydrogen) atoms. The van der Waals surface area contributed by atoms with Crippen LogP contribution >= 0.6 is 0 Å². The summed E-state index contributed by atoms with van der Waals surface area (Å²) in [7, 11) is 0. The third kappa shape index (κ3) is 3.93. The summed E-state index contributed by atoms with van der Waals surface area (Å²) in [5, 5.41) is 16.3. The molecule has 7 nitrogen and oxygen atoms in total. The van der Waals surface area contributed by atoms with Crippen LogP contribution in [0.2, 0.25) is 0 Å². The quantitative estimate of drug-likeness (QED) is 0.888. The van der Waals surface area contributed by atoms with E-state index in [1.807, 2.05) is 17.2 Å². The summed E-state index contributed by atoms with van der Waals surface area (Å²) in [6.45, 7) is 2.09. The van der Waals surface area contributed by atoms with E-state index in [0.717, 1.165) is 25.1 Å². The van der Waals surface area contributed by atoms with Gasteiger partial charge in [-0.2, -0.15) is 23.3 Å². The number of halogens is 3. The number of hydrogen-bond acceptors (Lipinski definition) is 6. The molecular formula is C14H18F3N5O2. The summed E-state index contributed by atoms with van der Waals surface area (Å²) in [4.78, 5) is 5.40. The molecular weight excluding hydrogens is 327 g/mol. The Bertz CT molecular complexity index is 669. The zero-order chi connectivity index (χ0) is 17.2. The monoisotopic (exact) mass is 345 g/mol. The lowest BCUT2D eigenvalue weighted by Crippen LogP contribution is -2.34. The predicted octanol–water partition coefficient (Wildman–Crippen LogP) is 1.66. The number of alkyl halides is 3. The van der Waals surface area contributed by atoms with E-state index in [9.17, 15) is 13.2 Å². The number of hydrogen-bond donors (Lipinski definition) is 1. The van der Waals surface area contributed by atoms with Crippen molar-refractivity contribution in [3.63, 3.8) is 0 Å². The lowest BCUT2D eigenvalue weighted by molar-refractivity contribution is -0.146. The van der Waals surface area contributed by atoms with Crippen LogP contribution in [0.1, 0.15) is 36.2 Å². The standard InChI is InChI=1S/C14H18F3N5O2/c15-14(16,17)13-18-12(24-20-13)9-21-4-1-2-10(8-21)11-3-5-22(19-11)6-7-23/h3,5,10,23H,1-2,4,6-9H2/t10-/m1/s1. The average Bonchev–Trinajstić information content (AvgIpc) is 3.17. The minimum atomic E-state index is -4.59. The highest BCUT2D eigenvalue weighted by Gasteiger charge is 2.37. The van der Waals surface area contributed by atoms with Crippen LogP contribution in [0.4, 0.5) is 13.2 Å². The first kappa shape index (κ1) is 16.9. The molecule has 2 aromatic heterocycles. The summed E-state index contributed by atoms with van der Waals surface area (Å²) in [6, 6.07) is 1.91. The molecule has 1 atom stereocenters. The van der Waals surface area contributed by atoms with Crippen LogP contribution in [0.3, 0.4) is 0 Å². The number of piperidine rings is 1. The van der Waals surface area contributed by atoms with Gasteiger partial charge in [-0.15, -0.1) is 0 Å². The smallest absolute Gasteiger partial charge is 0.394 e. The van der Waals surface area contributed by atoms with Gasteiger partial charge >= 0.3 is 6.18 Å². The van der Waals surface area contributed by atoms with Crippen molar-refractivity contribution in [1.82, 2.24) is 24.8 Å². The summed E-state index contributed by atoms with van der Waals surface area (Å²) < 4.78 is 43.9. The fourth-order valence-corrected chi connectivity index (χ4v) is 2.89. The van der Waals surface area contributed by atoms with Crippen molar-refractivity contribution in [2.45, 2.75) is 38.0 Å². The molecule has 1 fully saturated rings. The van der Waals surface area contributed by atoms with Crippen molar-refractivity contribution >= 4 is 0 Å². The number of aliphatic hydroxyl groups excluding tert-OH is 1. The molecule has 0 amide bonds. The number of aromatic nitrogens is 4. The maximum absolute atomic E-state index is 12.5. The average molecular weight is 345 g/mol. The molecule has 132 valence electrons. The Morgan fingerprint density at radius 1 is 1.38 bits per heavy atom. The van der Waals surface area contributed by atoms with Gasteiger partial charge in [0.2, 0.25) is 5.89 Å². The molecule has 0 bridgehead atoms. The molecule has 3 heterocycles. The molecule has 1 N–H and O–H groups in total.